The van der Waals surface area contributed by atoms with E-state index in [-0.39, 0.29) is 5.91 Å². The zero-order valence-corrected chi connectivity index (χ0v) is 14.3. The molecule has 2 aromatic rings. The third-order valence-corrected chi connectivity index (χ3v) is 3.28. The van der Waals surface area contributed by atoms with Crippen LogP contribution in [0.3, 0.4) is 0 Å². The highest BCUT2D eigenvalue weighted by Crippen LogP contribution is 2.18. The largest absolute Gasteiger partial charge is 0.489 e. The molecule has 4 heteroatoms. The minimum Gasteiger partial charge on any atom is -0.489 e. The molecule has 0 radical (unpaired) electrons. The third-order valence-electron chi connectivity index (χ3n) is 3.28. The van der Waals surface area contributed by atoms with Crippen molar-refractivity contribution in [3.63, 3.8) is 0 Å². The predicted octanol–water partition coefficient (Wildman–Crippen LogP) is 4.36. The minimum atomic E-state index is -0.592. The Morgan fingerprint density at radius 3 is 2.50 bits per heavy atom. The molecule has 0 spiro atoms. The Morgan fingerprint density at radius 1 is 1.17 bits per heavy atom. The summed E-state index contributed by atoms with van der Waals surface area (Å²) in [5.41, 5.74) is 2.74. The molecule has 1 atom stereocenters. The number of amides is 1. The van der Waals surface area contributed by atoms with E-state index in [1.807, 2.05) is 50.2 Å². The highest BCUT2D eigenvalue weighted by molar-refractivity contribution is 5.94. The molecule has 0 aliphatic carbocycles. The van der Waals surface area contributed by atoms with Crippen LogP contribution in [0.15, 0.2) is 60.7 Å². The quantitative estimate of drug-likeness (QED) is 0.770. The van der Waals surface area contributed by atoms with Crippen LogP contribution in [0.5, 0.6) is 11.5 Å². The highest BCUT2D eigenvalue weighted by Gasteiger charge is 2.15. The standard InChI is InChI=1S/C20H23NO3/c1-14(2)13-23-18-10-8-17(9-11-18)21-20(22)16(4)24-19-7-5-6-15(3)12-19/h5-12,16H,1,13H2,2-4H3,(H,21,22). The van der Waals surface area contributed by atoms with Gasteiger partial charge in [-0.15, -0.1) is 0 Å². The summed E-state index contributed by atoms with van der Waals surface area (Å²) in [5.74, 6) is 1.22. The lowest BCUT2D eigenvalue weighted by molar-refractivity contribution is -0.122. The van der Waals surface area contributed by atoms with Crippen LogP contribution in [0.4, 0.5) is 5.69 Å². The Labute approximate surface area is 143 Å². The summed E-state index contributed by atoms with van der Waals surface area (Å²) >= 11 is 0. The van der Waals surface area contributed by atoms with Crippen LogP contribution < -0.4 is 14.8 Å². The van der Waals surface area contributed by atoms with Gasteiger partial charge in [0.1, 0.15) is 18.1 Å². The molecule has 0 aromatic heterocycles. The first-order chi connectivity index (χ1) is 11.4. The van der Waals surface area contributed by atoms with Crippen LogP contribution in [0.2, 0.25) is 0 Å². The minimum absolute atomic E-state index is 0.202. The van der Waals surface area contributed by atoms with Gasteiger partial charge in [-0.25, -0.2) is 0 Å². The van der Waals surface area contributed by atoms with Gasteiger partial charge in [0.15, 0.2) is 6.10 Å². The smallest absolute Gasteiger partial charge is 0.265 e. The Hall–Kier alpha value is -2.75. The lowest BCUT2D eigenvalue weighted by atomic mass is 10.2. The van der Waals surface area contributed by atoms with Gasteiger partial charge in [0, 0.05) is 5.69 Å². The van der Waals surface area contributed by atoms with E-state index >= 15 is 0 Å². The summed E-state index contributed by atoms with van der Waals surface area (Å²) in [6.07, 6.45) is -0.592. The molecular weight excluding hydrogens is 302 g/mol. The van der Waals surface area contributed by atoms with E-state index in [9.17, 15) is 4.79 Å². The predicted molar refractivity (Wildman–Crippen MR) is 96.6 cm³/mol. The van der Waals surface area contributed by atoms with Gasteiger partial charge in [0.25, 0.3) is 5.91 Å². The first-order valence-corrected chi connectivity index (χ1v) is 7.85. The van der Waals surface area contributed by atoms with Gasteiger partial charge >= 0.3 is 0 Å². The van der Waals surface area contributed by atoms with E-state index in [1.165, 1.54) is 0 Å². The second-order valence-electron chi connectivity index (χ2n) is 5.84. The molecule has 0 fully saturated rings. The highest BCUT2D eigenvalue weighted by atomic mass is 16.5. The van der Waals surface area contributed by atoms with Crippen molar-refractivity contribution in [3.8, 4) is 11.5 Å². The zero-order valence-electron chi connectivity index (χ0n) is 14.3. The summed E-state index contributed by atoms with van der Waals surface area (Å²) < 4.78 is 11.2. The fourth-order valence-corrected chi connectivity index (χ4v) is 2.03. The van der Waals surface area contributed by atoms with E-state index in [2.05, 4.69) is 11.9 Å². The van der Waals surface area contributed by atoms with Crippen molar-refractivity contribution in [2.45, 2.75) is 26.9 Å². The molecule has 1 amide bonds. The summed E-state index contributed by atoms with van der Waals surface area (Å²) in [5, 5.41) is 2.83. The van der Waals surface area contributed by atoms with Gasteiger partial charge in [-0.2, -0.15) is 0 Å². The molecule has 0 aliphatic rings. The molecule has 0 heterocycles. The molecule has 126 valence electrons. The average Bonchev–Trinajstić information content (AvgIpc) is 2.54. The maximum atomic E-state index is 12.2. The molecular formula is C20H23NO3. The number of ether oxygens (including phenoxy) is 2. The molecule has 4 nitrogen and oxygen atoms in total. The monoisotopic (exact) mass is 325 g/mol. The summed E-state index contributed by atoms with van der Waals surface area (Å²) in [4.78, 5) is 12.2. The van der Waals surface area contributed by atoms with Crippen molar-refractivity contribution in [2.75, 3.05) is 11.9 Å². The molecule has 1 N–H and O–H groups in total. The van der Waals surface area contributed by atoms with Crippen molar-refractivity contribution in [2.24, 2.45) is 0 Å². The molecule has 24 heavy (non-hydrogen) atoms. The number of carbonyl (C=O) groups is 1. The van der Waals surface area contributed by atoms with Crippen LogP contribution in [0.25, 0.3) is 0 Å². The number of aryl methyl sites for hydroxylation is 1. The number of hydrogen-bond acceptors (Lipinski definition) is 3. The lowest BCUT2D eigenvalue weighted by Crippen LogP contribution is -2.30. The first-order valence-electron chi connectivity index (χ1n) is 7.85. The molecule has 0 bridgehead atoms. The molecule has 0 saturated heterocycles. The summed E-state index contributed by atoms with van der Waals surface area (Å²) in [7, 11) is 0. The fourth-order valence-electron chi connectivity index (χ4n) is 2.03. The normalized spacial score (nSPS) is 11.5. The van der Waals surface area contributed by atoms with Crippen LogP contribution >= 0.6 is 0 Å². The Kier molecular flexibility index (Phi) is 6.01. The molecule has 2 aromatic carbocycles. The molecule has 1 unspecified atom stereocenters. The number of nitrogens with one attached hydrogen (secondary N) is 1. The van der Waals surface area contributed by atoms with Crippen LogP contribution in [-0.4, -0.2) is 18.6 Å². The topological polar surface area (TPSA) is 47.6 Å². The third kappa shape index (κ3) is 5.47. The number of benzene rings is 2. The maximum Gasteiger partial charge on any atom is 0.265 e. The van der Waals surface area contributed by atoms with Crippen molar-refractivity contribution in [1.82, 2.24) is 0 Å². The Morgan fingerprint density at radius 2 is 1.88 bits per heavy atom. The number of hydrogen-bond donors (Lipinski definition) is 1. The second kappa shape index (κ2) is 8.20. The van der Waals surface area contributed by atoms with Gasteiger partial charge < -0.3 is 14.8 Å². The van der Waals surface area contributed by atoms with Gasteiger partial charge in [0.2, 0.25) is 0 Å². The van der Waals surface area contributed by atoms with Crippen LogP contribution in [0, 0.1) is 6.92 Å². The van der Waals surface area contributed by atoms with Crippen molar-refractivity contribution in [1.29, 1.82) is 0 Å². The lowest BCUT2D eigenvalue weighted by Gasteiger charge is -2.15. The molecule has 0 aliphatic heterocycles. The van der Waals surface area contributed by atoms with Crippen molar-refractivity contribution >= 4 is 11.6 Å². The Bertz CT molecular complexity index is 707. The SMILES string of the molecule is C=C(C)COc1ccc(NC(=O)C(C)Oc2cccc(C)c2)cc1. The van der Waals surface area contributed by atoms with E-state index in [4.69, 9.17) is 9.47 Å². The maximum absolute atomic E-state index is 12.2. The molecule has 0 saturated carbocycles. The fraction of sp³-hybridized carbons (Fsp3) is 0.250. The van der Waals surface area contributed by atoms with Gasteiger partial charge in [-0.3, -0.25) is 4.79 Å². The van der Waals surface area contributed by atoms with E-state index in [0.29, 0.717) is 18.0 Å². The van der Waals surface area contributed by atoms with Gasteiger partial charge in [-0.05, 0) is 68.3 Å². The van der Waals surface area contributed by atoms with Crippen LogP contribution in [-0.2, 0) is 4.79 Å². The number of rotatable bonds is 7. The second-order valence-corrected chi connectivity index (χ2v) is 5.84. The van der Waals surface area contributed by atoms with E-state index < -0.39 is 6.10 Å². The summed E-state index contributed by atoms with van der Waals surface area (Å²) in [6, 6.07) is 14.8. The summed E-state index contributed by atoms with van der Waals surface area (Å²) in [6.45, 7) is 9.88. The molecule has 2 rings (SSSR count). The van der Waals surface area contributed by atoms with Crippen molar-refractivity contribution < 1.29 is 14.3 Å². The zero-order chi connectivity index (χ0) is 17.5. The number of anilines is 1. The van der Waals surface area contributed by atoms with Crippen LogP contribution in [0.1, 0.15) is 19.4 Å². The first kappa shape index (κ1) is 17.6. The van der Waals surface area contributed by atoms with E-state index in [1.54, 1.807) is 19.1 Å². The average molecular weight is 325 g/mol. The van der Waals surface area contributed by atoms with Crippen molar-refractivity contribution in [3.05, 3.63) is 66.2 Å². The van der Waals surface area contributed by atoms with Gasteiger partial charge in [-0.1, -0.05) is 18.7 Å². The van der Waals surface area contributed by atoms with Gasteiger partial charge in [0.05, 0.1) is 0 Å². The Balaban J connectivity index is 1.90. The number of carbonyl (C=O) groups excluding carboxylic acids is 1. The van der Waals surface area contributed by atoms with E-state index in [0.717, 1.165) is 16.9 Å².